The number of hydrogen-bond acceptors (Lipinski definition) is 4. The SMILES string of the molecule is COC(=O)Cc1ccc(CNc2cccc(Cl)c2Cl)s1. The van der Waals surface area contributed by atoms with E-state index in [4.69, 9.17) is 23.2 Å². The monoisotopic (exact) mass is 329 g/mol. The Balaban J connectivity index is 1.97. The number of benzene rings is 1. The van der Waals surface area contributed by atoms with E-state index in [1.807, 2.05) is 24.3 Å². The van der Waals surface area contributed by atoms with Crippen molar-refractivity contribution in [3.63, 3.8) is 0 Å². The zero-order chi connectivity index (χ0) is 14.5. The van der Waals surface area contributed by atoms with Crippen LogP contribution in [0, 0.1) is 0 Å². The summed E-state index contributed by atoms with van der Waals surface area (Å²) in [5.74, 6) is -0.232. The number of anilines is 1. The molecule has 0 saturated carbocycles. The Kier molecular flexibility index (Phi) is 5.29. The highest BCUT2D eigenvalue weighted by atomic mass is 35.5. The second kappa shape index (κ2) is 6.97. The number of hydrogen-bond donors (Lipinski definition) is 1. The number of rotatable bonds is 5. The van der Waals surface area contributed by atoms with E-state index in [1.54, 1.807) is 17.4 Å². The van der Waals surface area contributed by atoms with Crippen LogP contribution < -0.4 is 5.32 Å². The molecule has 20 heavy (non-hydrogen) atoms. The molecule has 0 aliphatic carbocycles. The van der Waals surface area contributed by atoms with E-state index in [9.17, 15) is 4.79 Å². The molecule has 0 amide bonds. The summed E-state index contributed by atoms with van der Waals surface area (Å²) in [6, 6.07) is 9.37. The summed E-state index contributed by atoms with van der Waals surface area (Å²) in [4.78, 5) is 13.3. The molecule has 106 valence electrons. The fourth-order valence-corrected chi connectivity index (χ4v) is 2.96. The number of nitrogens with one attached hydrogen (secondary N) is 1. The lowest BCUT2D eigenvalue weighted by atomic mass is 10.3. The summed E-state index contributed by atoms with van der Waals surface area (Å²) in [5, 5.41) is 4.27. The van der Waals surface area contributed by atoms with Crippen LogP contribution in [0.5, 0.6) is 0 Å². The van der Waals surface area contributed by atoms with E-state index in [2.05, 4.69) is 10.1 Å². The Hall–Kier alpha value is -1.23. The Morgan fingerprint density at radius 1 is 1.25 bits per heavy atom. The van der Waals surface area contributed by atoms with Gasteiger partial charge < -0.3 is 10.1 Å². The van der Waals surface area contributed by atoms with Gasteiger partial charge >= 0.3 is 5.97 Å². The zero-order valence-electron chi connectivity index (χ0n) is 10.8. The molecule has 2 rings (SSSR count). The van der Waals surface area contributed by atoms with Crippen LogP contribution in [0.4, 0.5) is 5.69 Å². The summed E-state index contributed by atoms with van der Waals surface area (Å²) in [6.45, 7) is 0.631. The molecule has 0 atom stereocenters. The maximum absolute atomic E-state index is 11.2. The van der Waals surface area contributed by atoms with E-state index in [0.717, 1.165) is 15.4 Å². The number of ether oxygens (including phenoxy) is 1. The van der Waals surface area contributed by atoms with Gasteiger partial charge in [0, 0.05) is 16.3 Å². The average molecular weight is 330 g/mol. The maximum atomic E-state index is 11.2. The third-order valence-corrected chi connectivity index (χ3v) is 4.57. The van der Waals surface area contributed by atoms with Crippen molar-refractivity contribution in [1.82, 2.24) is 0 Å². The minimum atomic E-state index is -0.232. The lowest BCUT2D eigenvalue weighted by molar-refractivity contribution is -0.139. The van der Waals surface area contributed by atoms with E-state index in [0.29, 0.717) is 23.0 Å². The Labute approximate surface area is 131 Å². The highest BCUT2D eigenvalue weighted by Crippen LogP contribution is 2.30. The Morgan fingerprint density at radius 3 is 2.75 bits per heavy atom. The van der Waals surface area contributed by atoms with Gasteiger partial charge in [-0.1, -0.05) is 29.3 Å². The molecular formula is C14H13Cl2NO2S. The fourth-order valence-electron chi connectivity index (χ4n) is 1.65. The zero-order valence-corrected chi connectivity index (χ0v) is 13.1. The van der Waals surface area contributed by atoms with E-state index in [1.165, 1.54) is 7.11 Å². The normalized spacial score (nSPS) is 10.3. The van der Waals surface area contributed by atoms with Gasteiger partial charge in [0.15, 0.2) is 0 Å². The summed E-state index contributed by atoms with van der Waals surface area (Å²) >= 11 is 13.6. The Bertz CT molecular complexity index is 613. The minimum absolute atomic E-state index is 0.232. The molecule has 2 aromatic rings. The molecule has 0 aliphatic heterocycles. The van der Waals surface area contributed by atoms with Gasteiger partial charge in [-0.15, -0.1) is 11.3 Å². The van der Waals surface area contributed by atoms with Crippen molar-refractivity contribution in [2.45, 2.75) is 13.0 Å². The summed E-state index contributed by atoms with van der Waals surface area (Å²) in [6.07, 6.45) is 0.305. The number of thiophene rings is 1. The third kappa shape index (κ3) is 3.88. The second-order valence-corrected chi connectivity index (χ2v) is 6.11. The molecule has 1 aromatic carbocycles. The quantitative estimate of drug-likeness (QED) is 0.827. The molecule has 0 unspecified atom stereocenters. The van der Waals surface area contributed by atoms with Gasteiger partial charge in [0.2, 0.25) is 0 Å². The average Bonchev–Trinajstić information content (AvgIpc) is 2.88. The third-order valence-electron chi connectivity index (χ3n) is 2.67. The van der Waals surface area contributed by atoms with Gasteiger partial charge in [-0.25, -0.2) is 0 Å². The smallest absolute Gasteiger partial charge is 0.310 e. The number of carbonyl (C=O) groups is 1. The first-order valence-corrected chi connectivity index (χ1v) is 7.49. The second-order valence-electron chi connectivity index (χ2n) is 4.08. The van der Waals surface area contributed by atoms with Gasteiger partial charge in [0.1, 0.15) is 0 Å². The highest BCUT2D eigenvalue weighted by molar-refractivity contribution is 7.12. The number of carbonyl (C=O) groups excluding carboxylic acids is 1. The van der Waals surface area contributed by atoms with Crippen LogP contribution >= 0.6 is 34.5 Å². The van der Waals surface area contributed by atoms with Crippen LogP contribution in [0.3, 0.4) is 0 Å². The molecule has 0 aliphatic rings. The van der Waals surface area contributed by atoms with Gasteiger partial charge in [0.05, 0.1) is 29.3 Å². The van der Waals surface area contributed by atoms with Crippen molar-refractivity contribution < 1.29 is 9.53 Å². The summed E-state index contributed by atoms with van der Waals surface area (Å²) < 4.78 is 4.64. The molecule has 6 heteroatoms. The topological polar surface area (TPSA) is 38.3 Å². The molecular weight excluding hydrogens is 317 g/mol. The lowest BCUT2D eigenvalue weighted by Crippen LogP contribution is -2.02. The largest absolute Gasteiger partial charge is 0.469 e. The molecule has 1 N–H and O–H groups in total. The van der Waals surface area contributed by atoms with Crippen molar-refractivity contribution in [1.29, 1.82) is 0 Å². The van der Waals surface area contributed by atoms with Crippen LogP contribution in [0.1, 0.15) is 9.75 Å². The van der Waals surface area contributed by atoms with Crippen LogP contribution in [0.25, 0.3) is 0 Å². The molecule has 1 aromatic heterocycles. The highest BCUT2D eigenvalue weighted by Gasteiger charge is 2.07. The van der Waals surface area contributed by atoms with Gasteiger partial charge in [-0.2, -0.15) is 0 Å². The molecule has 0 bridgehead atoms. The Morgan fingerprint density at radius 2 is 2.00 bits per heavy atom. The van der Waals surface area contributed by atoms with Crippen molar-refractivity contribution in [2.75, 3.05) is 12.4 Å². The minimum Gasteiger partial charge on any atom is -0.469 e. The molecule has 1 heterocycles. The first-order valence-electron chi connectivity index (χ1n) is 5.92. The number of esters is 1. The number of halogens is 2. The van der Waals surface area contributed by atoms with Crippen LogP contribution in [-0.2, 0) is 22.5 Å². The molecule has 0 spiro atoms. The predicted molar refractivity (Wildman–Crippen MR) is 83.8 cm³/mol. The number of methoxy groups -OCH3 is 1. The van der Waals surface area contributed by atoms with Gasteiger partial charge in [-0.05, 0) is 24.3 Å². The van der Waals surface area contributed by atoms with Crippen molar-refractivity contribution in [2.24, 2.45) is 0 Å². The first-order chi connectivity index (χ1) is 9.60. The van der Waals surface area contributed by atoms with E-state index >= 15 is 0 Å². The standard InChI is InChI=1S/C14H13Cl2NO2S/c1-19-13(18)7-9-5-6-10(20-9)8-17-12-4-2-3-11(15)14(12)16/h2-6,17H,7-8H2,1H3. The first kappa shape index (κ1) is 15.2. The summed E-state index contributed by atoms with van der Waals surface area (Å²) in [7, 11) is 1.39. The van der Waals surface area contributed by atoms with Crippen LogP contribution in [-0.4, -0.2) is 13.1 Å². The van der Waals surface area contributed by atoms with Gasteiger partial charge in [0.25, 0.3) is 0 Å². The summed E-state index contributed by atoms with van der Waals surface area (Å²) in [5.41, 5.74) is 0.794. The fraction of sp³-hybridized carbons (Fsp3) is 0.214. The molecule has 3 nitrogen and oxygen atoms in total. The van der Waals surface area contributed by atoms with Crippen LogP contribution in [0.15, 0.2) is 30.3 Å². The lowest BCUT2D eigenvalue weighted by Gasteiger charge is -2.07. The van der Waals surface area contributed by atoms with E-state index in [-0.39, 0.29) is 5.97 Å². The van der Waals surface area contributed by atoms with Crippen molar-refractivity contribution >= 4 is 46.2 Å². The molecule has 0 radical (unpaired) electrons. The van der Waals surface area contributed by atoms with Crippen molar-refractivity contribution in [3.8, 4) is 0 Å². The van der Waals surface area contributed by atoms with Crippen LogP contribution in [0.2, 0.25) is 10.0 Å². The maximum Gasteiger partial charge on any atom is 0.310 e. The van der Waals surface area contributed by atoms with Crippen molar-refractivity contribution in [3.05, 3.63) is 50.1 Å². The predicted octanol–water partition coefficient (Wildman–Crippen LogP) is 4.38. The molecule has 0 fully saturated rings. The van der Waals surface area contributed by atoms with E-state index < -0.39 is 0 Å². The van der Waals surface area contributed by atoms with Gasteiger partial charge in [-0.3, -0.25) is 4.79 Å². The molecule has 0 saturated heterocycles.